The van der Waals surface area contributed by atoms with Crippen molar-refractivity contribution in [1.82, 2.24) is 4.98 Å². The lowest BCUT2D eigenvalue weighted by Crippen LogP contribution is -2.05. The number of Topliss-reactive ketones (excluding diaryl/α,β-unsaturated/α-hetero) is 1. The fourth-order valence-electron chi connectivity index (χ4n) is 2.14. The van der Waals surface area contributed by atoms with Gasteiger partial charge in [-0.2, -0.15) is 0 Å². The van der Waals surface area contributed by atoms with E-state index in [4.69, 9.17) is 0 Å². The zero-order valence-corrected chi connectivity index (χ0v) is 11.4. The maximum Gasteiger partial charge on any atom is 0.170 e. The Bertz CT molecular complexity index is 745. The molecule has 0 saturated heterocycles. The van der Waals surface area contributed by atoms with Crippen LogP contribution in [-0.2, 0) is 6.42 Å². The highest BCUT2D eigenvalue weighted by atomic mass is 32.1. The number of rotatable bonds is 3. The zero-order chi connectivity index (χ0) is 13.2. The fourth-order valence-corrected chi connectivity index (χ4v) is 3.11. The summed E-state index contributed by atoms with van der Waals surface area (Å²) >= 11 is 1.62. The molecule has 0 saturated carbocycles. The first-order valence-corrected chi connectivity index (χ1v) is 7.03. The van der Waals surface area contributed by atoms with E-state index in [1.54, 1.807) is 17.5 Å². The minimum atomic E-state index is 0.138. The monoisotopic (exact) mass is 267 g/mol. The Balaban J connectivity index is 1.95. The van der Waals surface area contributed by atoms with Gasteiger partial charge in [0.05, 0.1) is 12.1 Å². The summed E-state index contributed by atoms with van der Waals surface area (Å²) in [6.07, 6.45) is 2.11. The number of carbonyl (C=O) groups excluding carboxylic acids is 1. The van der Waals surface area contributed by atoms with E-state index in [1.807, 2.05) is 48.7 Å². The maximum atomic E-state index is 12.4. The lowest BCUT2D eigenvalue weighted by atomic mass is 10.0. The molecule has 0 fully saturated rings. The molecule has 94 valence electrons. The Kier molecular flexibility index (Phi) is 3.13. The second-order valence-corrected chi connectivity index (χ2v) is 5.42. The van der Waals surface area contributed by atoms with Crippen LogP contribution in [0.25, 0.3) is 10.1 Å². The summed E-state index contributed by atoms with van der Waals surface area (Å²) in [6.45, 7) is 1.99. The van der Waals surface area contributed by atoms with E-state index >= 15 is 0 Å². The van der Waals surface area contributed by atoms with Crippen molar-refractivity contribution >= 4 is 27.2 Å². The van der Waals surface area contributed by atoms with Crippen molar-refractivity contribution in [3.8, 4) is 0 Å². The molecule has 2 aromatic heterocycles. The number of pyridine rings is 1. The molecule has 0 aliphatic rings. The minimum absolute atomic E-state index is 0.138. The van der Waals surface area contributed by atoms with Crippen LogP contribution in [0.15, 0.2) is 48.0 Å². The second-order valence-electron chi connectivity index (χ2n) is 4.51. The first-order valence-electron chi connectivity index (χ1n) is 6.15. The number of aromatic nitrogens is 1. The molecule has 0 atom stereocenters. The average molecular weight is 267 g/mol. The van der Waals surface area contributed by atoms with Crippen molar-refractivity contribution in [2.24, 2.45) is 0 Å². The van der Waals surface area contributed by atoms with Crippen LogP contribution in [0, 0.1) is 6.92 Å². The Morgan fingerprint density at radius 1 is 1.21 bits per heavy atom. The second kappa shape index (κ2) is 4.94. The predicted molar refractivity (Wildman–Crippen MR) is 78.8 cm³/mol. The number of ketones is 1. The van der Waals surface area contributed by atoms with Crippen LogP contribution < -0.4 is 0 Å². The van der Waals surface area contributed by atoms with E-state index in [9.17, 15) is 4.79 Å². The predicted octanol–water partition coefficient (Wildman–Crippen LogP) is 4.03. The lowest BCUT2D eigenvalue weighted by molar-refractivity contribution is 0.0993. The molecule has 0 radical (unpaired) electrons. The average Bonchev–Trinajstić information content (AvgIpc) is 2.85. The highest BCUT2D eigenvalue weighted by Gasteiger charge is 2.14. The highest BCUT2D eigenvalue weighted by Crippen LogP contribution is 2.26. The topological polar surface area (TPSA) is 30.0 Å². The highest BCUT2D eigenvalue weighted by molar-refractivity contribution is 7.17. The van der Waals surface area contributed by atoms with Crippen LogP contribution in [0.5, 0.6) is 0 Å². The van der Waals surface area contributed by atoms with Gasteiger partial charge in [-0.25, -0.2) is 0 Å². The van der Waals surface area contributed by atoms with Crippen LogP contribution in [0.3, 0.4) is 0 Å². The van der Waals surface area contributed by atoms with Gasteiger partial charge < -0.3 is 0 Å². The number of thiophene rings is 1. The minimum Gasteiger partial charge on any atom is -0.294 e. The van der Waals surface area contributed by atoms with Crippen LogP contribution >= 0.6 is 11.3 Å². The van der Waals surface area contributed by atoms with Crippen molar-refractivity contribution < 1.29 is 4.79 Å². The summed E-state index contributed by atoms with van der Waals surface area (Å²) in [5.74, 6) is 0.138. The summed E-state index contributed by atoms with van der Waals surface area (Å²) < 4.78 is 1.16. The van der Waals surface area contributed by atoms with E-state index in [2.05, 4.69) is 4.98 Å². The van der Waals surface area contributed by atoms with Gasteiger partial charge in [-0.05, 0) is 24.6 Å². The fraction of sp³-hybridized carbons (Fsp3) is 0.125. The van der Waals surface area contributed by atoms with E-state index in [1.165, 1.54) is 0 Å². The molecule has 19 heavy (non-hydrogen) atoms. The summed E-state index contributed by atoms with van der Waals surface area (Å²) in [5.41, 5.74) is 2.74. The van der Waals surface area contributed by atoms with Crippen LogP contribution in [-0.4, -0.2) is 10.8 Å². The molecule has 0 unspecified atom stereocenters. The normalized spacial score (nSPS) is 10.8. The van der Waals surface area contributed by atoms with Gasteiger partial charge in [-0.3, -0.25) is 9.78 Å². The Morgan fingerprint density at radius 3 is 2.89 bits per heavy atom. The van der Waals surface area contributed by atoms with Gasteiger partial charge in [0.2, 0.25) is 0 Å². The van der Waals surface area contributed by atoms with Gasteiger partial charge in [0, 0.05) is 27.2 Å². The van der Waals surface area contributed by atoms with E-state index in [-0.39, 0.29) is 5.78 Å². The molecule has 1 aromatic carbocycles. The SMILES string of the molecule is Cc1cccnc1CC(=O)c1csc2ccccc12. The zero-order valence-electron chi connectivity index (χ0n) is 10.6. The Labute approximate surface area is 115 Å². The molecule has 3 rings (SSSR count). The molecule has 2 nitrogen and oxygen atoms in total. The number of hydrogen-bond donors (Lipinski definition) is 0. The van der Waals surface area contributed by atoms with Gasteiger partial charge in [0.15, 0.2) is 5.78 Å². The first-order chi connectivity index (χ1) is 9.25. The van der Waals surface area contributed by atoms with E-state index < -0.39 is 0 Å². The van der Waals surface area contributed by atoms with Crippen molar-refractivity contribution in [1.29, 1.82) is 0 Å². The Hall–Kier alpha value is -2.00. The number of nitrogens with zero attached hydrogens (tertiary/aromatic N) is 1. The molecule has 0 bridgehead atoms. The number of hydrogen-bond acceptors (Lipinski definition) is 3. The third-order valence-electron chi connectivity index (χ3n) is 3.23. The molecular formula is C16H13NOS. The van der Waals surface area contributed by atoms with E-state index in [0.717, 1.165) is 26.9 Å². The van der Waals surface area contributed by atoms with Crippen molar-refractivity contribution in [3.63, 3.8) is 0 Å². The summed E-state index contributed by atoms with van der Waals surface area (Å²) in [5, 5.41) is 3.00. The third kappa shape index (κ3) is 2.29. The van der Waals surface area contributed by atoms with E-state index in [0.29, 0.717) is 6.42 Å². The van der Waals surface area contributed by atoms with Gasteiger partial charge in [-0.1, -0.05) is 24.3 Å². The summed E-state index contributed by atoms with van der Waals surface area (Å²) in [4.78, 5) is 16.7. The van der Waals surface area contributed by atoms with Crippen LogP contribution in [0.1, 0.15) is 21.6 Å². The van der Waals surface area contributed by atoms with Crippen LogP contribution in [0.2, 0.25) is 0 Å². The van der Waals surface area contributed by atoms with Gasteiger partial charge >= 0.3 is 0 Å². The number of carbonyl (C=O) groups is 1. The van der Waals surface area contributed by atoms with Gasteiger partial charge in [0.25, 0.3) is 0 Å². The standard InChI is InChI=1S/C16H13NOS/c1-11-5-4-8-17-14(11)9-15(18)13-10-19-16-7-3-2-6-12(13)16/h2-8,10H,9H2,1H3. The molecular weight excluding hydrogens is 254 g/mol. The van der Waals surface area contributed by atoms with Gasteiger partial charge in [-0.15, -0.1) is 11.3 Å². The molecule has 0 aliphatic carbocycles. The molecule has 0 spiro atoms. The number of fused-ring (bicyclic) bond motifs is 1. The largest absolute Gasteiger partial charge is 0.294 e. The third-order valence-corrected chi connectivity index (χ3v) is 4.19. The Morgan fingerprint density at radius 2 is 2.05 bits per heavy atom. The number of benzene rings is 1. The van der Waals surface area contributed by atoms with Crippen molar-refractivity contribution in [2.75, 3.05) is 0 Å². The van der Waals surface area contributed by atoms with Gasteiger partial charge in [0.1, 0.15) is 0 Å². The molecule has 2 heterocycles. The molecule has 0 aliphatic heterocycles. The molecule has 0 amide bonds. The summed E-state index contributed by atoms with van der Waals surface area (Å²) in [7, 11) is 0. The van der Waals surface area contributed by atoms with Crippen molar-refractivity contribution in [2.45, 2.75) is 13.3 Å². The molecule has 0 N–H and O–H groups in total. The lowest BCUT2D eigenvalue weighted by Gasteiger charge is -2.03. The maximum absolute atomic E-state index is 12.4. The summed E-state index contributed by atoms with van der Waals surface area (Å²) in [6, 6.07) is 11.9. The molecule has 3 aromatic rings. The number of aryl methyl sites for hydroxylation is 1. The van der Waals surface area contributed by atoms with Crippen LogP contribution in [0.4, 0.5) is 0 Å². The quantitative estimate of drug-likeness (QED) is 0.671. The smallest absolute Gasteiger partial charge is 0.170 e. The molecule has 3 heteroatoms. The van der Waals surface area contributed by atoms with Crippen molar-refractivity contribution in [3.05, 3.63) is 64.8 Å². The first kappa shape index (κ1) is 12.1.